The fraction of sp³-hybridized carbons (Fsp3) is 0.300. The van der Waals surface area contributed by atoms with Crippen LogP contribution >= 0.6 is 12.2 Å². The van der Waals surface area contributed by atoms with E-state index in [2.05, 4.69) is 27.9 Å². The zero-order valence-corrected chi connectivity index (χ0v) is 16.1. The summed E-state index contributed by atoms with van der Waals surface area (Å²) in [6, 6.07) is 15.1. The largest absolute Gasteiger partial charge is 0.367 e. The summed E-state index contributed by atoms with van der Waals surface area (Å²) in [5.74, 6) is -0.162. The molecular formula is C20H22FN5S. The van der Waals surface area contributed by atoms with Gasteiger partial charge < -0.3 is 4.90 Å². The van der Waals surface area contributed by atoms with E-state index in [4.69, 9.17) is 12.2 Å². The standard InChI is InChI=1S/C20H22FN5S/c1-16-6-2-4-8-18(16)25-14-22-26(20(25)27)15-23-10-12-24(13-11-23)19-9-5-3-7-17(19)21/h2-9,14H,10-13,15H2,1H3. The topological polar surface area (TPSA) is 29.2 Å². The molecule has 0 radical (unpaired) electrons. The molecule has 5 nitrogen and oxygen atoms in total. The summed E-state index contributed by atoms with van der Waals surface area (Å²) >= 11 is 5.63. The van der Waals surface area contributed by atoms with Crippen LogP contribution in [0.15, 0.2) is 54.9 Å². The van der Waals surface area contributed by atoms with Crippen LogP contribution in [0.2, 0.25) is 0 Å². The maximum atomic E-state index is 14.0. The van der Waals surface area contributed by atoms with Crippen molar-refractivity contribution in [3.05, 3.63) is 71.0 Å². The fourth-order valence-electron chi connectivity index (χ4n) is 3.46. The molecule has 0 spiro atoms. The van der Waals surface area contributed by atoms with E-state index in [9.17, 15) is 4.39 Å². The Morgan fingerprint density at radius 2 is 1.63 bits per heavy atom. The average molecular weight is 383 g/mol. The molecule has 0 atom stereocenters. The van der Waals surface area contributed by atoms with Crippen LogP contribution in [0.1, 0.15) is 5.56 Å². The van der Waals surface area contributed by atoms with Gasteiger partial charge in [-0.25, -0.2) is 9.07 Å². The molecule has 1 aliphatic heterocycles. The molecule has 0 N–H and O–H groups in total. The first-order chi connectivity index (χ1) is 13.1. The van der Waals surface area contributed by atoms with Gasteiger partial charge in [0.25, 0.3) is 0 Å². The quantitative estimate of drug-likeness (QED) is 0.644. The van der Waals surface area contributed by atoms with Gasteiger partial charge in [0, 0.05) is 26.2 Å². The molecule has 27 heavy (non-hydrogen) atoms. The van der Waals surface area contributed by atoms with Crippen molar-refractivity contribution in [2.24, 2.45) is 0 Å². The van der Waals surface area contributed by atoms with Crippen molar-refractivity contribution in [3.8, 4) is 5.69 Å². The summed E-state index contributed by atoms with van der Waals surface area (Å²) in [6.07, 6.45) is 1.78. The molecule has 0 amide bonds. The highest BCUT2D eigenvalue weighted by molar-refractivity contribution is 7.71. The number of anilines is 1. The van der Waals surface area contributed by atoms with Crippen LogP contribution in [-0.2, 0) is 6.67 Å². The van der Waals surface area contributed by atoms with Crippen molar-refractivity contribution in [3.63, 3.8) is 0 Å². The van der Waals surface area contributed by atoms with Crippen LogP contribution in [0.3, 0.4) is 0 Å². The molecule has 0 saturated carbocycles. The lowest BCUT2D eigenvalue weighted by Crippen LogP contribution is -2.47. The number of rotatable bonds is 4. The molecule has 7 heteroatoms. The van der Waals surface area contributed by atoms with Crippen molar-refractivity contribution >= 4 is 17.9 Å². The Balaban J connectivity index is 1.44. The summed E-state index contributed by atoms with van der Waals surface area (Å²) in [5, 5.41) is 4.48. The Morgan fingerprint density at radius 1 is 0.963 bits per heavy atom. The van der Waals surface area contributed by atoms with E-state index in [0.29, 0.717) is 17.1 Å². The van der Waals surface area contributed by atoms with Crippen LogP contribution < -0.4 is 4.90 Å². The summed E-state index contributed by atoms with van der Waals surface area (Å²) in [7, 11) is 0. The Kier molecular flexibility index (Phi) is 5.05. The first-order valence-electron chi connectivity index (χ1n) is 9.06. The van der Waals surface area contributed by atoms with Crippen LogP contribution in [0.25, 0.3) is 5.69 Å². The molecule has 2 aromatic carbocycles. The van der Waals surface area contributed by atoms with Gasteiger partial charge in [0.15, 0.2) is 0 Å². The maximum absolute atomic E-state index is 14.0. The van der Waals surface area contributed by atoms with Crippen LogP contribution in [-0.4, -0.2) is 45.4 Å². The van der Waals surface area contributed by atoms with E-state index in [0.717, 1.165) is 37.4 Å². The van der Waals surface area contributed by atoms with Crippen molar-refractivity contribution in [1.82, 2.24) is 19.2 Å². The SMILES string of the molecule is Cc1ccccc1-n1cnn(CN2CCN(c3ccccc3F)CC2)c1=S. The Labute approximate surface area is 163 Å². The summed E-state index contributed by atoms with van der Waals surface area (Å²) in [4.78, 5) is 4.39. The molecule has 1 aliphatic rings. The third kappa shape index (κ3) is 3.65. The molecule has 0 aliphatic carbocycles. The molecule has 0 bridgehead atoms. The maximum Gasteiger partial charge on any atom is 0.203 e. The van der Waals surface area contributed by atoms with Crippen LogP contribution in [0.5, 0.6) is 0 Å². The minimum Gasteiger partial charge on any atom is -0.367 e. The van der Waals surface area contributed by atoms with E-state index < -0.39 is 0 Å². The van der Waals surface area contributed by atoms with E-state index in [-0.39, 0.29) is 5.82 Å². The average Bonchev–Trinajstić information content (AvgIpc) is 3.04. The second kappa shape index (κ2) is 7.62. The Hall–Kier alpha value is -2.51. The number of halogens is 1. The predicted molar refractivity (Wildman–Crippen MR) is 107 cm³/mol. The van der Waals surface area contributed by atoms with Gasteiger partial charge in [0.1, 0.15) is 12.1 Å². The number of hydrogen-bond acceptors (Lipinski definition) is 4. The highest BCUT2D eigenvalue weighted by atomic mass is 32.1. The third-order valence-electron chi connectivity index (χ3n) is 5.01. The molecule has 2 heterocycles. The number of piperazine rings is 1. The highest BCUT2D eigenvalue weighted by Gasteiger charge is 2.20. The minimum absolute atomic E-state index is 0.162. The van der Waals surface area contributed by atoms with E-state index in [1.54, 1.807) is 12.4 Å². The molecule has 1 aromatic heterocycles. The van der Waals surface area contributed by atoms with Gasteiger partial charge in [-0.15, -0.1) is 0 Å². The summed E-state index contributed by atoms with van der Waals surface area (Å²) < 4.78 is 18.5. The third-order valence-corrected chi connectivity index (χ3v) is 5.42. The normalized spacial score (nSPS) is 15.3. The molecule has 140 valence electrons. The second-order valence-electron chi connectivity index (χ2n) is 6.77. The first-order valence-corrected chi connectivity index (χ1v) is 9.46. The lowest BCUT2D eigenvalue weighted by molar-refractivity contribution is 0.194. The van der Waals surface area contributed by atoms with Gasteiger partial charge in [-0.05, 0) is 42.9 Å². The molecule has 4 rings (SSSR count). The second-order valence-corrected chi connectivity index (χ2v) is 7.13. The van der Waals surface area contributed by atoms with Gasteiger partial charge in [-0.2, -0.15) is 5.10 Å². The zero-order valence-electron chi connectivity index (χ0n) is 15.3. The number of nitrogens with zero attached hydrogens (tertiary/aromatic N) is 5. The molecular weight excluding hydrogens is 361 g/mol. The Morgan fingerprint density at radius 3 is 2.33 bits per heavy atom. The van der Waals surface area contributed by atoms with Crippen molar-refractivity contribution in [2.75, 3.05) is 31.1 Å². The van der Waals surface area contributed by atoms with Crippen molar-refractivity contribution < 1.29 is 4.39 Å². The monoisotopic (exact) mass is 383 g/mol. The van der Waals surface area contributed by atoms with E-state index >= 15 is 0 Å². The lowest BCUT2D eigenvalue weighted by Gasteiger charge is -2.35. The number of aromatic nitrogens is 3. The van der Waals surface area contributed by atoms with Gasteiger partial charge >= 0.3 is 0 Å². The predicted octanol–water partition coefficient (Wildman–Crippen LogP) is 3.63. The van der Waals surface area contributed by atoms with Crippen molar-refractivity contribution in [2.45, 2.75) is 13.6 Å². The van der Waals surface area contributed by atoms with Gasteiger partial charge in [-0.3, -0.25) is 9.47 Å². The van der Waals surface area contributed by atoms with Gasteiger partial charge in [-0.1, -0.05) is 30.3 Å². The lowest BCUT2D eigenvalue weighted by atomic mass is 10.2. The van der Waals surface area contributed by atoms with Gasteiger partial charge in [0.2, 0.25) is 4.77 Å². The first kappa shape index (κ1) is 17.9. The highest BCUT2D eigenvalue weighted by Crippen LogP contribution is 2.20. The smallest absolute Gasteiger partial charge is 0.203 e. The van der Waals surface area contributed by atoms with E-state index in [1.807, 2.05) is 39.6 Å². The number of aryl methyl sites for hydroxylation is 1. The Bertz CT molecular complexity index is 988. The zero-order chi connectivity index (χ0) is 18.8. The summed E-state index contributed by atoms with van der Waals surface area (Å²) in [6.45, 7) is 5.96. The fourth-order valence-corrected chi connectivity index (χ4v) is 3.71. The minimum atomic E-state index is -0.162. The number of hydrogen-bond donors (Lipinski definition) is 0. The molecule has 1 saturated heterocycles. The molecule has 0 unspecified atom stereocenters. The van der Waals surface area contributed by atoms with Gasteiger partial charge in [0.05, 0.1) is 18.0 Å². The van der Waals surface area contributed by atoms with Crippen molar-refractivity contribution in [1.29, 1.82) is 0 Å². The van der Waals surface area contributed by atoms with Crippen LogP contribution in [0.4, 0.5) is 10.1 Å². The molecule has 3 aromatic rings. The molecule has 1 fully saturated rings. The van der Waals surface area contributed by atoms with Crippen LogP contribution in [0, 0.1) is 17.5 Å². The number of para-hydroxylation sites is 2. The number of benzene rings is 2. The summed E-state index contributed by atoms with van der Waals surface area (Å²) in [5.41, 5.74) is 2.89. The van der Waals surface area contributed by atoms with E-state index in [1.165, 1.54) is 6.07 Å².